The van der Waals surface area contributed by atoms with Crippen LogP contribution in [-0.2, 0) is 14.8 Å². The second kappa shape index (κ2) is 9.31. The largest absolute Gasteiger partial charge is 0.383 e. The van der Waals surface area contributed by atoms with E-state index in [1.54, 1.807) is 24.1 Å². The molecule has 1 rings (SSSR count). The predicted octanol–water partition coefficient (Wildman–Crippen LogP) is 2.46. The van der Waals surface area contributed by atoms with Crippen molar-refractivity contribution in [1.29, 1.82) is 0 Å². The van der Waals surface area contributed by atoms with E-state index in [2.05, 4.69) is 0 Å². The third kappa shape index (κ3) is 5.80. The molecule has 0 unspecified atom stereocenters. The summed E-state index contributed by atoms with van der Waals surface area (Å²) in [6, 6.07) is 6.07. The van der Waals surface area contributed by atoms with Gasteiger partial charge in [0.1, 0.15) is 0 Å². The highest BCUT2D eigenvalue weighted by atomic mass is 32.2. The van der Waals surface area contributed by atoms with E-state index in [9.17, 15) is 13.2 Å². The standard InChI is InChI=1S/C18H30N2O4S/c1-14(2)13-20(10-11-24-6)18(21)16-8-7-9-17(12-16)25(22,23)19(5)15(3)4/h7-9,12,14-15H,10-11,13H2,1-6H3. The number of nitrogens with zero attached hydrogens (tertiary/aromatic N) is 2. The van der Waals surface area contributed by atoms with Crippen molar-refractivity contribution < 1.29 is 17.9 Å². The van der Waals surface area contributed by atoms with Gasteiger partial charge in [-0.1, -0.05) is 19.9 Å². The fourth-order valence-electron chi connectivity index (χ4n) is 2.33. The number of benzene rings is 1. The predicted molar refractivity (Wildman–Crippen MR) is 99.1 cm³/mol. The first-order valence-corrected chi connectivity index (χ1v) is 9.91. The molecule has 25 heavy (non-hydrogen) atoms. The Bertz CT molecular complexity index is 671. The van der Waals surface area contributed by atoms with Crippen molar-refractivity contribution in [2.24, 2.45) is 5.92 Å². The lowest BCUT2D eigenvalue weighted by Crippen LogP contribution is -2.37. The molecule has 0 heterocycles. The summed E-state index contributed by atoms with van der Waals surface area (Å²) in [7, 11) is -0.492. The highest BCUT2D eigenvalue weighted by Crippen LogP contribution is 2.19. The monoisotopic (exact) mass is 370 g/mol. The zero-order chi connectivity index (χ0) is 19.2. The van der Waals surface area contributed by atoms with Gasteiger partial charge in [-0.3, -0.25) is 4.79 Å². The molecule has 0 saturated heterocycles. The zero-order valence-electron chi connectivity index (χ0n) is 16.0. The van der Waals surface area contributed by atoms with Crippen molar-refractivity contribution in [3.05, 3.63) is 29.8 Å². The first-order chi connectivity index (χ1) is 11.6. The Hall–Kier alpha value is -1.44. The molecule has 0 radical (unpaired) electrons. The number of hydrogen-bond donors (Lipinski definition) is 0. The quantitative estimate of drug-likeness (QED) is 0.670. The van der Waals surface area contributed by atoms with Gasteiger partial charge in [0.15, 0.2) is 0 Å². The lowest BCUT2D eigenvalue weighted by molar-refractivity contribution is 0.0672. The number of amides is 1. The summed E-state index contributed by atoms with van der Waals surface area (Å²) in [4.78, 5) is 14.7. The van der Waals surface area contributed by atoms with Crippen molar-refractivity contribution in [2.75, 3.05) is 33.9 Å². The van der Waals surface area contributed by atoms with Crippen LogP contribution in [0.2, 0.25) is 0 Å². The van der Waals surface area contributed by atoms with Gasteiger partial charge >= 0.3 is 0 Å². The highest BCUT2D eigenvalue weighted by Gasteiger charge is 2.25. The molecule has 1 aromatic carbocycles. The number of methoxy groups -OCH3 is 1. The normalized spacial score (nSPS) is 12.2. The number of ether oxygens (including phenoxy) is 1. The molecule has 142 valence electrons. The third-order valence-electron chi connectivity index (χ3n) is 3.92. The Kier molecular flexibility index (Phi) is 8.05. The van der Waals surface area contributed by atoms with E-state index in [1.165, 1.54) is 23.5 Å². The fraction of sp³-hybridized carbons (Fsp3) is 0.611. The molecular weight excluding hydrogens is 340 g/mol. The van der Waals surface area contributed by atoms with Gasteiger partial charge in [0, 0.05) is 38.9 Å². The van der Waals surface area contributed by atoms with Crippen LogP contribution >= 0.6 is 0 Å². The summed E-state index contributed by atoms with van der Waals surface area (Å²) < 4.78 is 31.7. The van der Waals surface area contributed by atoms with E-state index < -0.39 is 10.0 Å². The second-order valence-electron chi connectivity index (χ2n) is 6.78. The Morgan fingerprint density at radius 1 is 1.20 bits per heavy atom. The van der Waals surface area contributed by atoms with Gasteiger partial charge < -0.3 is 9.64 Å². The lowest BCUT2D eigenvalue weighted by Gasteiger charge is -2.25. The van der Waals surface area contributed by atoms with E-state index in [-0.39, 0.29) is 16.8 Å². The molecular formula is C18H30N2O4S. The van der Waals surface area contributed by atoms with Crippen molar-refractivity contribution in [3.63, 3.8) is 0 Å². The second-order valence-corrected chi connectivity index (χ2v) is 8.78. The molecule has 6 nitrogen and oxygen atoms in total. The first-order valence-electron chi connectivity index (χ1n) is 8.47. The van der Waals surface area contributed by atoms with Crippen molar-refractivity contribution in [2.45, 2.75) is 38.6 Å². The summed E-state index contributed by atoms with van der Waals surface area (Å²) in [6.07, 6.45) is 0. The molecule has 1 amide bonds. The molecule has 0 spiro atoms. The maximum atomic E-state index is 12.8. The van der Waals surface area contributed by atoms with Gasteiger partial charge in [-0.15, -0.1) is 0 Å². The Morgan fingerprint density at radius 3 is 2.36 bits per heavy atom. The van der Waals surface area contributed by atoms with Gasteiger partial charge in [0.25, 0.3) is 5.91 Å². The smallest absolute Gasteiger partial charge is 0.253 e. The Labute approximate surface area is 151 Å². The molecule has 7 heteroatoms. The number of hydrogen-bond acceptors (Lipinski definition) is 4. The molecule has 0 atom stereocenters. The molecule has 0 bridgehead atoms. The van der Waals surface area contributed by atoms with Crippen molar-refractivity contribution >= 4 is 15.9 Å². The van der Waals surface area contributed by atoms with E-state index in [0.717, 1.165) is 0 Å². The molecule has 0 saturated carbocycles. The Morgan fingerprint density at radius 2 is 1.84 bits per heavy atom. The average molecular weight is 371 g/mol. The Balaban J connectivity index is 3.15. The van der Waals surface area contributed by atoms with Gasteiger partial charge in [-0.2, -0.15) is 4.31 Å². The van der Waals surface area contributed by atoms with E-state index in [4.69, 9.17) is 4.74 Å². The summed E-state index contributed by atoms with van der Waals surface area (Å²) in [5.74, 6) is 0.120. The molecule has 0 aliphatic rings. The number of carbonyl (C=O) groups excluding carboxylic acids is 1. The van der Waals surface area contributed by atoms with Gasteiger partial charge in [0.05, 0.1) is 11.5 Å². The summed E-state index contributed by atoms with van der Waals surface area (Å²) in [6.45, 7) is 9.18. The number of carbonyl (C=O) groups is 1. The maximum Gasteiger partial charge on any atom is 0.253 e. The molecule has 0 fully saturated rings. The summed E-state index contributed by atoms with van der Waals surface area (Å²) in [5.41, 5.74) is 0.370. The van der Waals surface area contributed by atoms with E-state index in [0.29, 0.717) is 31.2 Å². The van der Waals surface area contributed by atoms with Crippen molar-refractivity contribution in [1.82, 2.24) is 9.21 Å². The molecule has 1 aromatic rings. The minimum atomic E-state index is -3.62. The van der Waals surface area contributed by atoms with Crippen LogP contribution < -0.4 is 0 Å². The van der Waals surface area contributed by atoms with Crippen LogP contribution in [0.25, 0.3) is 0 Å². The van der Waals surface area contributed by atoms with Crippen LogP contribution in [0, 0.1) is 5.92 Å². The third-order valence-corrected chi connectivity index (χ3v) is 5.95. The lowest BCUT2D eigenvalue weighted by atomic mass is 10.1. The SMILES string of the molecule is COCCN(CC(C)C)C(=O)c1cccc(S(=O)(=O)N(C)C(C)C)c1. The maximum absolute atomic E-state index is 12.8. The number of sulfonamides is 1. The zero-order valence-corrected chi connectivity index (χ0v) is 16.8. The van der Waals surface area contributed by atoms with Crippen LogP contribution in [0.3, 0.4) is 0 Å². The molecule has 0 aliphatic heterocycles. The van der Waals surface area contributed by atoms with Crippen LogP contribution in [0.4, 0.5) is 0 Å². The fourth-order valence-corrected chi connectivity index (χ4v) is 3.75. The average Bonchev–Trinajstić information content (AvgIpc) is 2.56. The van der Waals surface area contributed by atoms with E-state index >= 15 is 0 Å². The molecule has 0 aromatic heterocycles. The summed E-state index contributed by atoms with van der Waals surface area (Å²) in [5, 5.41) is 0. The molecule has 0 aliphatic carbocycles. The van der Waals surface area contributed by atoms with Crippen LogP contribution in [-0.4, -0.2) is 63.4 Å². The van der Waals surface area contributed by atoms with Gasteiger partial charge in [0.2, 0.25) is 10.0 Å². The molecule has 0 N–H and O–H groups in total. The van der Waals surface area contributed by atoms with Crippen LogP contribution in [0.5, 0.6) is 0 Å². The topological polar surface area (TPSA) is 66.9 Å². The highest BCUT2D eigenvalue weighted by molar-refractivity contribution is 7.89. The van der Waals surface area contributed by atoms with Gasteiger partial charge in [-0.25, -0.2) is 8.42 Å². The van der Waals surface area contributed by atoms with E-state index in [1.807, 2.05) is 27.7 Å². The first kappa shape index (κ1) is 21.6. The van der Waals surface area contributed by atoms with Crippen LogP contribution in [0.1, 0.15) is 38.1 Å². The minimum absolute atomic E-state index is 0.130. The van der Waals surface area contributed by atoms with Crippen LogP contribution in [0.15, 0.2) is 29.2 Å². The minimum Gasteiger partial charge on any atom is -0.383 e. The number of rotatable bonds is 9. The van der Waals surface area contributed by atoms with Crippen molar-refractivity contribution in [3.8, 4) is 0 Å². The van der Waals surface area contributed by atoms with Gasteiger partial charge in [-0.05, 0) is 38.0 Å². The summed E-state index contributed by atoms with van der Waals surface area (Å²) >= 11 is 0.